The van der Waals surface area contributed by atoms with Gasteiger partial charge in [0.25, 0.3) is 0 Å². The summed E-state index contributed by atoms with van der Waals surface area (Å²) in [5.74, 6) is 0. The molecule has 0 bridgehead atoms. The molecule has 3 aromatic rings. The molecule has 3 heteroatoms. The first-order chi connectivity index (χ1) is 11.7. The minimum Gasteiger partial charge on any atom is -0.381 e. The van der Waals surface area contributed by atoms with Crippen LogP contribution in [-0.4, -0.2) is 14.1 Å². The predicted octanol–water partition coefficient (Wildman–Crippen LogP) is 5.11. The summed E-state index contributed by atoms with van der Waals surface area (Å²) in [5.41, 5.74) is 5.79. The molecule has 0 amide bonds. The third kappa shape index (κ3) is 4.29. The van der Waals surface area contributed by atoms with Crippen LogP contribution >= 0.6 is 0 Å². The maximum Gasteiger partial charge on any atom is 0.0400 e. The fraction of sp³-hybridized carbons (Fsp3) is 0.143. The lowest BCUT2D eigenvalue weighted by Crippen LogP contribution is -2.08. The first kappa shape index (κ1) is 15.9. The van der Waals surface area contributed by atoms with E-state index in [1.807, 2.05) is 18.2 Å². The van der Waals surface area contributed by atoms with Gasteiger partial charge >= 0.3 is 0 Å². The maximum absolute atomic E-state index is 3.46. The zero-order valence-corrected chi connectivity index (χ0v) is 14.2. The minimum absolute atomic E-state index is 0.819. The van der Waals surface area contributed by atoms with Crippen LogP contribution in [0.5, 0.6) is 0 Å². The highest BCUT2D eigenvalue weighted by atomic mass is 15.1. The second-order valence-corrected chi connectivity index (χ2v) is 5.98. The van der Waals surface area contributed by atoms with Gasteiger partial charge in [0, 0.05) is 43.4 Å². The van der Waals surface area contributed by atoms with Gasteiger partial charge in [-0.15, -0.1) is 0 Å². The maximum atomic E-state index is 3.46. The molecule has 0 atom stereocenters. The van der Waals surface area contributed by atoms with Crippen LogP contribution in [-0.2, 0) is 6.54 Å². The van der Waals surface area contributed by atoms with E-state index in [2.05, 4.69) is 90.3 Å². The van der Waals surface area contributed by atoms with Gasteiger partial charge in [-0.3, -0.25) is 0 Å². The molecule has 0 saturated heterocycles. The number of hydrogen-bond acceptors (Lipinski definition) is 3. The highest BCUT2D eigenvalue weighted by molar-refractivity contribution is 5.62. The van der Waals surface area contributed by atoms with E-state index in [9.17, 15) is 0 Å². The first-order valence-electron chi connectivity index (χ1n) is 8.13. The van der Waals surface area contributed by atoms with Crippen LogP contribution < -0.4 is 15.5 Å². The predicted molar refractivity (Wildman–Crippen MR) is 104 cm³/mol. The highest BCUT2D eigenvalue weighted by Gasteiger charge is 1.98. The fourth-order valence-corrected chi connectivity index (χ4v) is 2.48. The van der Waals surface area contributed by atoms with Crippen molar-refractivity contribution in [3.05, 3.63) is 84.4 Å². The molecule has 0 fully saturated rings. The van der Waals surface area contributed by atoms with Crippen LogP contribution in [0.2, 0.25) is 0 Å². The van der Waals surface area contributed by atoms with E-state index in [0.29, 0.717) is 0 Å². The van der Waals surface area contributed by atoms with Gasteiger partial charge in [-0.2, -0.15) is 0 Å². The SMILES string of the molecule is CN(C)c1ccc(CNc2ccc(Nc3ccccc3)cc2)cc1. The molecule has 0 aromatic heterocycles. The van der Waals surface area contributed by atoms with E-state index >= 15 is 0 Å². The molecule has 0 aliphatic heterocycles. The first-order valence-corrected chi connectivity index (χ1v) is 8.13. The molecular weight excluding hydrogens is 294 g/mol. The molecule has 3 rings (SSSR count). The average Bonchev–Trinajstić information content (AvgIpc) is 2.62. The standard InChI is InChI=1S/C21H23N3/c1-24(2)21-14-8-17(9-15-21)16-22-18-10-12-20(13-11-18)23-19-6-4-3-5-7-19/h3-15,22-23H,16H2,1-2H3. The third-order valence-corrected chi connectivity index (χ3v) is 3.90. The van der Waals surface area contributed by atoms with Gasteiger partial charge in [0.1, 0.15) is 0 Å². The van der Waals surface area contributed by atoms with Gasteiger partial charge in [0.05, 0.1) is 0 Å². The van der Waals surface area contributed by atoms with Gasteiger partial charge in [-0.05, 0) is 54.1 Å². The average molecular weight is 317 g/mol. The molecular formula is C21H23N3. The van der Waals surface area contributed by atoms with Gasteiger partial charge in [-0.1, -0.05) is 30.3 Å². The third-order valence-electron chi connectivity index (χ3n) is 3.90. The van der Waals surface area contributed by atoms with Crippen molar-refractivity contribution in [2.75, 3.05) is 29.6 Å². The highest BCUT2D eigenvalue weighted by Crippen LogP contribution is 2.19. The molecule has 0 unspecified atom stereocenters. The Morgan fingerprint density at radius 3 is 1.88 bits per heavy atom. The van der Waals surface area contributed by atoms with Gasteiger partial charge in [0.15, 0.2) is 0 Å². The summed E-state index contributed by atoms with van der Waals surface area (Å²) in [4.78, 5) is 2.11. The largest absolute Gasteiger partial charge is 0.381 e. The molecule has 0 saturated carbocycles. The number of benzene rings is 3. The molecule has 3 aromatic carbocycles. The van der Waals surface area contributed by atoms with E-state index in [1.165, 1.54) is 11.3 Å². The van der Waals surface area contributed by atoms with E-state index < -0.39 is 0 Å². The number of anilines is 4. The summed E-state index contributed by atoms with van der Waals surface area (Å²) in [7, 11) is 4.11. The molecule has 0 aliphatic rings. The Kier molecular flexibility index (Phi) is 5.02. The summed E-state index contributed by atoms with van der Waals surface area (Å²) in [5, 5.41) is 6.85. The summed E-state index contributed by atoms with van der Waals surface area (Å²) < 4.78 is 0. The number of nitrogens with one attached hydrogen (secondary N) is 2. The van der Waals surface area contributed by atoms with Gasteiger partial charge in [-0.25, -0.2) is 0 Å². The normalized spacial score (nSPS) is 10.2. The lowest BCUT2D eigenvalue weighted by molar-refractivity contribution is 1.11. The molecule has 122 valence electrons. The van der Waals surface area contributed by atoms with Crippen LogP contribution in [0.4, 0.5) is 22.7 Å². The second-order valence-electron chi connectivity index (χ2n) is 5.98. The lowest BCUT2D eigenvalue weighted by atomic mass is 10.2. The van der Waals surface area contributed by atoms with Gasteiger partial charge < -0.3 is 15.5 Å². The molecule has 24 heavy (non-hydrogen) atoms. The molecule has 0 heterocycles. The quantitative estimate of drug-likeness (QED) is 0.661. The summed E-state index contributed by atoms with van der Waals surface area (Å²) >= 11 is 0. The van der Waals surface area contributed by atoms with Crippen LogP contribution in [0.1, 0.15) is 5.56 Å². The van der Waals surface area contributed by atoms with Crippen LogP contribution in [0.25, 0.3) is 0 Å². The molecule has 2 N–H and O–H groups in total. The fourth-order valence-electron chi connectivity index (χ4n) is 2.48. The minimum atomic E-state index is 0.819. The Balaban J connectivity index is 1.56. The van der Waals surface area contributed by atoms with Crippen LogP contribution in [0, 0.1) is 0 Å². The number of para-hydroxylation sites is 1. The monoisotopic (exact) mass is 317 g/mol. The Morgan fingerprint density at radius 2 is 1.25 bits per heavy atom. The summed E-state index contributed by atoms with van der Waals surface area (Å²) in [6, 6.07) is 27.2. The molecule has 0 spiro atoms. The van der Waals surface area contributed by atoms with Crippen molar-refractivity contribution in [3.63, 3.8) is 0 Å². The number of hydrogen-bond donors (Lipinski definition) is 2. The Hall–Kier alpha value is -2.94. The van der Waals surface area contributed by atoms with Crippen molar-refractivity contribution < 1.29 is 0 Å². The topological polar surface area (TPSA) is 27.3 Å². The van der Waals surface area contributed by atoms with Crippen LogP contribution in [0.3, 0.4) is 0 Å². The lowest BCUT2D eigenvalue weighted by Gasteiger charge is -2.13. The van der Waals surface area contributed by atoms with Crippen molar-refractivity contribution in [2.24, 2.45) is 0 Å². The van der Waals surface area contributed by atoms with Crippen molar-refractivity contribution in [1.29, 1.82) is 0 Å². The smallest absolute Gasteiger partial charge is 0.0400 e. The van der Waals surface area contributed by atoms with E-state index in [1.54, 1.807) is 0 Å². The van der Waals surface area contributed by atoms with E-state index in [4.69, 9.17) is 0 Å². The second kappa shape index (κ2) is 7.55. The zero-order valence-electron chi connectivity index (χ0n) is 14.2. The van der Waals surface area contributed by atoms with Crippen LogP contribution in [0.15, 0.2) is 78.9 Å². The van der Waals surface area contributed by atoms with Crippen molar-refractivity contribution in [3.8, 4) is 0 Å². The Morgan fingerprint density at radius 1 is 0.667 bits per heavy atom. The van der Waals surface area contributed by atoms with Crippen molar-refractivity contribution in [1.82, 2.24) is 0 Å². The van der Waals surface area contributed by atoms with Crippen molar-refractivity contribution >= 4 is 22.7 Å². The van der Waals surface area contributed by atoms with E-state index in [0.717, 1.165) is 23.6 Å². The summed E-state index contributed by atoms with van der Waals surface area (Å²) in [6.45, 7) is 0.819. The number of nitrogens with zero attached hydrogens (tertiary/aromatic N) is 1. The van der Waals surface area contributed by atoms with Crippen molar-refractivity contribution in [2.45, 2.75) is 6.54 Å². The molecule has 3 nitrogen and oxygen atoms in total. The summed E-state index contributed by atoms with van der Waals surface area (Å²) in [6.07, 6.45) is 0. The molecule has 0 aliphatic carbocycles. The van der Waals surface area contributed by atoms with Gasteiger partial charge in [0.2, 0.25) is 0 Å². The zero-order chi connectivity index (χ0) is 16.8. The Bertz CT molecular complexity index is 747. The van der Waals surface area contributed by atoms with E-state index in [-0.39, 0.29) is 0 Å². The molecule has 0 radical (unpaired) electrons. The Labute approximate surface area is 143 Å². The number of rotatable bonds is 6.